The summed E-state index contributed by atoms with van der Waals surface area (Å²) in [4.78, 5) is 4.40. The molecule has 0 radical (unpaired) electrons. The van der Waals surface area contributed by atoms with E-state index in [0.717, 1.165) is 28.5 Å². The van der Waals surface area contributed by atoms with Crippen molar-refractivity contribution in [3.63, 3.8) is 0 Å². The van der Waals surface area contributed by atoms with Gasteiger partial charge in [0.15, 0.2) is 0 Å². The zero-order valence-corrected chi connectivity index (χ0v) is 18.9. The molecule has 174 valence electrons. The third kappa shape index (κ3) is 5.22. The SMILES string of the molecule is CCOc1ccc(-c2ccc(COc3ccccc3-c3ccccn3)c(C)c2)cc1C(F)(F)F. The van der Waals surface area contributed by atoms with Gasteiger partial charge in [-0.1, -0.05) is 42.5 Å². The van der Waals surface area contributed by atoms with Gasteiger partial charge < -0.3 is 9.47 Å². The lowest BCUT2D eigenvalue weighted by Gasteiger charge is -2.16. The molecule has 0 spiro atoms. The Morgan fingerprint density at radius 1 is 0.794 bits per heavy atom. The third-order valence-corrected chi connectivity index (χ3v) is 5.47. The number of hydrogen-bond donors (Lipinski definition) is 0. The number of nitrogens with zero attached hydrogens (tertiary/aromatic N) is 1. The van der Waals surface area contributed by atoms with Crippen molar-refractivity contribution in [1.29, 1.82) is 0 Å². The van der Waals surface area contributed by atoms with E-state index in [2.05, 4.69) is 4.98 Å². The standard InChI is InChI=1S/C28H24F3NO2/c1-3-33-27-14-13-21(17-24(27)28(29,30)31)20-11-12-22(19(2)16-20)18-34-26-10-5-4-8-23(26)25-9-6-7-15-32-25/h4-17H,3,18H2,1-2H3. The quantitative estimate of drug-likeness (QED) is 0.281. The molecule has 34 heavy (non-hydrogen) atoms. The zero-order valence-electron chi connectivity index (χ0n) is 18.9. The van der Waals surface area contributed by atoms with Crippen molar-refractivity contribution in [1.82, 2.24) is 4.98 Å². The van der Waals surface area contributed by atoms with Crippen molar-refractivity contribution in [3.05, 3.63) is 102 Å². The highest BCUT2D eigenvalue weighted by atomic mass is 19.4. The second-order valence-corrected chi connectivity index (χ2v) is 7.78. The fourth-order valence-corrected chi connectivity index (χ4v) is 3.73. The molecule has 0 N–H and O–H groups in total. The Hall–Kier alpha value is -3.80. The van der Waals surface area contributed by atoms with E-state index in [1.807, 2.05) is 67.6 Å². The van der Waals surface area contributed by atoms with E-state index < -0.39 is 11.7 Å². The number of aryl methyl sites for hydroxylation is 1. The Bertz CT molecular complexity index is 1270. The van der Waals surface area contributed by atoms with Gasteiger partial charge in [0.05, 0.1) is 17.9 Å². The number of rotatable bonds is 7. The molecule has 0 aliphatic carbocycles. The van der Waals surface area contributed by atoms with Crippen molar-refractivity contribution in [2.75, 3.05) is 6.61 Å². The first-order valence-corrected chi connectivity index (χ1v) is 10.9. The predicted octanol–water partition coefficient (Wildman–Crippen LogP) is 7.72. The maximum Gasteiger partial charge on any atom is 0.419 e. The van der Waals surface area contributed by atoms with Gasteiger partial charge in [-0.25, -0.2) is 0 Å². The van der Waals surface area contributed by atoms with Crippen LogP contribution in [-0.2, 0) is 12.8 Å². The molecule has 0 unspecified atom stereocenters. The summed E-state index contributed by atoms with van der Waals surface area (Å²) in [5, 5.41) is 0. The van der Waals surface area contributed by atoms with Gasteiger partial charge in [0, 0.05) is 11.8 Å². The summed E-state index contributed by atoms with van der Waals surface area (Å²) in [6.07, 6.45) is -2.76. The van der Waals surface area contributed by atoms with Crippen LogP contribution in [0.15, 0.2) is 85.1 Å². The van der Waals surface area contributed by atoms with Crippen molar-refractivity contribution in [3.8, 4) is 33.9 Å². The Kier molecular flexibility index (Phi) is 6.87. The van der Waals surface area contributed by atoms with Crippen molar-refractivity contribution < 1.29 is 22.6 Å². The summed E-state index contributed by atoms with van der Waals surface area (Å²) in [5.41, 5.74) is 3.99. The van der Waals surface area contributed by atoms with Crippen LogP contribution in [0.2, 0.25) is 0 Å². The van der Waals surface area contributed by atoms with Crippen molar-refractivity contribution >= 4 is 0 Å². The Morgan fingerprint density at radius 3 is 2.24 bits per heavy atom. The predicted molar refractivity (Wildman–Crippen MR) is 127 cm³/mol. The molecule has 0 bridgehead atoms. The lowest BCUT2D eigenvalue weighted by molar-refractivity contribution is -0.138. The van der Waals surface area contributed by atoms with Crippen LogP contribution < -0.4 is 9.47 Å². The Balaban J connectivity index is 1.57. The molecular formula is C28H24F3NO2. The first-order valence-electron chi connectivity index (χ1n) is 10.9. The molecule has 0 fully saturated rings. The number of hydrogen-bond acceptors (Lipinski definition) is 3. The molecule has 0 aliphatic heterocycles. The van der Waals surface area contributed by atoms with Crippen LogP contribution in [-0.4, -0.2) is 11.6 Å². The summed E-state index contributed by atoms with van der Waals surface area (Å²) >= 11 is 0. The average Bonchev–Trinajstić information content (AvgIpc) is 2.84. The lowest BCUT2D eigenvalue weighted by atomic mass is 9.98. The minimum Gasteiger partial charge on any atom is -0.493 e. The molecule has 3 aromatic carbocycles. The first-order chi connectivity index (χ1) is 16.4. The van der Waals surface area contributed by atoms with Gasteiger partial charge in [0.1, 0.15) is 18.1 Å². The molecule has 0 amide bonds. The number of ether oxygens (including phenoxy) is 2. The Labute approximate surface area is 196 Å². The summed E-state index contributed by atoms with van der Waals surface area (Å²) in [5.74, 6) is 0.554. The van der Waals surface area contributed by atoms with Crippen LogP contribution in [0, 0.1) is 6.92 Å². The van der Waals surface area contributed by atoms with E-state index in [1.54, 1.807) is 19.2 Å². The molecule has 0 saturated heterocycles. The van der Waals surface area contributed by atoms with Crippen LogP contribution >= 0.6 is 0 Å². The maximum atomic E-state index is 13.5. The van der Waals surface area contributed by atoms with E-state index >= 15 is 0 Å². The second-order valence-electron chi connectivity index (χ2n) is 7.78. The monoisotopic (exact) mass is 463 g/mol. The van der Waals surface area contributed by atoms with Gasteiger partial charge in [-0.3, -0.25) is 4.98 Å². The van der Waals surface area contributed by atoms with Crippen LogP contribution in [0.25, 0.3) is 22.4 Å². The van der Waals surface area contributed by atoms with Crippen molar-refractivity contribution in [2.24, 2.45) is 0 Å². The summed E-state index contributed by atoms with van der Waals surface area (Å²) in [6.45, 7) is 4.08. The minimum atomic E-state index is -4.50. The molecule has 4 aromatic rings. The maximum absolute atomic E-state index is 13.5. The summed E-state index contributed by atoms with van der Waals surface area (Å²) in [6, 6.07) is 23.1. The average molecular weight is 463 g/mol. The summed E-state index contributed by atoms with van der Waals surface area (Å²) < 4.78 is 51.9. The number of halogens is 3. The van der Waals surface area contributed by atoms with Gasteiger partial charge in [0.25, 0.3) is 0 Å². The van der Waals surface area contributed by atoms with Gasteiger partial charge in [-0.2, -0.15) is 13.2 Å². The third-order valence-electron chi connectivity index (χ3n) is 5.47. The first kappa shape index (κ1) is 23.4. The fourth-order valence-electron chi connectivity index (χ4n) is 3.73. The second kappa shape index (κ2) is 10.00. The van der Waals surface area contributed by atoms with E-state index in [9.17, 15) is 13.2 Å². The molecule has 1 heterocycles. The van der Waals surface area contributed by atoms with Crippen LogP contribution in [0.3, 0.4) is 0 Å². The van der Waals surface area contributed by atoms with Gasteiger partial charge in [-0.05, 0) is 72.5 Å². The highest BCUT2D eigenvalue weighted by Crippen LogP contribution is 2.39. The Morgan fingerprint density at radius 2 is 1.53 bits per heavy atom. The van der Waals surface area contributed by atoms with Crippen molar-refractivity contribution in [2.45, 2.75) is 26.6 Å². The van der Waals surface area contributed by atoms with Gasteiger partial charge >= 0.3 is 6.18 Å². The lowest BCUT2D eigenvalue weighted by Crippen LogP contribution is -2.09. The number of alkyl halides is 3. The molecule has 0 aliphatic rings. The molecule has 0 saturated carbocycles. The number of pyridine rings is 1. The zero-order chi connectivity index (χ0) is 24.1. The highest BCUT2D eigenvalue weighted by Gasteiger charge is 2.34. The largest absolute Gasteiger partial charge is 0.493 e. The topological polar surface area (TPSA) is 31.4 Å². The molecular weight excluding hydrogens is 439 g/mol. The molecule has 1 aromatic heterocycles. The van der Waals surface area contributed by atoms with Crippen LogP contribution in [0.5, 0.6) is 11.5 Å². The molecule has 6 heteroatoms. The van der Waals surface area contributed by atoms with Gasteiger partial charge in [0.2, 0.25) is 0 Å². The van der Waals surface area contributed by atoms with E-state index in [-0.39, 0.29) is 12.4 Å². The fraction of sp³-hybridized carbons (Fsp3) is 0.179. The normalized spacial score (nSPS) is 11.3. The van der Waals surface area contributed by atoms with Gasteiger partial charge in [-0.15, -0.1) is 0 Å². The van der Waals surface area contributed by atoms with Crippen LogP contribution in [0.1, 0.15) is 23.6 Å². The molecule has 0 atom stereocenters. The number of para-hydroxylation sites is 1. The van der Waals surface area contributed by atoms with Crippen LogP contribution in [0.4, 0.5) is 13.2 Å². The van der Waals surface area contributed by atoms with E-state index in [0.29, 0.717) is 23.5 Å². The van der Waals surface area contributed by atoms with E-state index in [1.165, 1.54) is 6.07 Å². The molecule has 3 nitrogen and oxygen atoms in total. The number of aromatic nitrogens is 1. The number of benzene rings is 3. The molecule has 4 rings (SSSR count). The minimum absolute atomic E-state index is 0.160. The van der Waals surface area contributed by atoms with E-state index in [4.69, 9.17) is 9.47 Å². The summed E-state index contributed by atoms with van der Waals surface area (Å²) in [7, 11) is 0. The highest BCUT2D eigenvalue weighted by molar-refractivity contribution is 5.68. The smallest absolute Gasteiger partial charge is 0.419 e.